The van der Waals surface area contributed by atoms with E-state index >= 15 is 0 Å². The minimum absolute atomic E-state index is 0.0231. The zero-order valence-electron chi connectivity index (χ0n) is 14.8. The summed E-state index contributed by atoms with van der Waals surface area (Å²) >= 11 is 0. The third-order valence-electron chi connectivity index (χ3n) is 4.00. The number of ether oxygens (including phenoxy) is 2. The summed E-state index contributed by atoms with van der Waals surface area (Å²) in [7, 11) is 1.56. The highest BCUT2D eigenvalue weighted by Crippen LogP contribution is 2.25. The van der Waals surface area contributed by atoms with Gasteiger partial charge in [-0.25, -0.2) is 4.99 Å². The third-order valence-corrected chi connectivity index (χ3v) is 4.00. The Bertz CT molecular complexity index is 883. The number of aliphatic imine (C=N–C) groups is 1. The second-order valence-corrected chi connectivity index (χ2v) is 5.88. The van der Waals surface area contributed by atoms with E-state index in [4.69, 9.17) is 4.74 Å². The molecule has 2 amide bonds. The van der Waals surface area contributed by atoms with Crippen LogP contribution in [0.25, 0.3) is 0 Å². The zero-order valence-corrected chi connectivity index (χ0v) is 14.8. The molecule has 0 spiro atoms. The predicted molar refractivity (Wildman–Crippen MR) is 96.5 cm³/mol. The number of halogens is 2. The standard InChI is InChI=1S/C19H17F2N3O4/c1-27-13-6-2-11(3-7-13)15-10-16(25)23-19(22-15)24-17(26)12-4-8-14(9-5-12)28-18(20)21/h2-9,15,18H,10H2,1H3,(H2,22,23,24,25,26)/t15-/m1/s1. The number of guanidine groups is 1. The van der Waals surface area contributed by atoms with Crippen LogP contribution < -0.4 is 20.1 Å². The largest absolute Gasteiger partial charge is 0.497 e. The number of benzene rings is 2. The first-order valence-electron chi connectivity index (χ1n) is 8.32. The van der Waals surface area contributed by atoms with Crippen LogP contribution in [0.1, 0.15) is 28.4 Å². The molecule has 0 saturated heterocycles. The minimum Gasteiger partial charge on any atom is -0.497 e. The van der Waals surface area contributed by atoms with Crippen molar-refractivity contribution >= 4 is 17.8 Å². The summed E-state index contributed by atoms with van der Waals surface area (Å²) in [6.07, 6.45) is 0.144. The summed E-state index contributed by atoms with van der Waals surface area (Å²) in [5.74, 6) is -0.185. The second-order valence-electron chi connectivity index (χ2n) is 5.88. The lowest BCUT2D eigenvalue weighted by Gasteiger charge is -2.21. The predicted octanol–water partition coefficient (Wildman–Crippen LogP) is 2.64. The van der Waals surface area contributed by atoms with Crippen molar-refractivity contribution < 1.29 is 27.8 Å². The lowest BCUT2D eigenvalue weighted by molar-refractivity contribution is -0.120. The number of methoxy groups -OCH3 is 1. The third kappa shape index (κ3) is 4.81. The van der Waals surface area contributed by atoms with Gasteiger partial charge in [0.2, 0.25) is 11.9 Å². The Morgan fingerprint density at radius 2 is 1.79 bits per heavy atom. The zero-order chi connectivity index (χ0) is 20.1. The van der Waals surface area contributed by atoms with Crippen molar-refractivity contribution in [2.75, 3.05) is 7.11 Å². The molecular weight excluding hydrogens is 372 g/mol. The molecule has 9 heteroatoms. The molecule has 28 heavy (non-hydrogen) atoms. The monoisotopic (exact) mass is 389 g/mol. The van der Waals surface area contributed by atoms with Crippen LogP contribution in [0.4, 0.5) is 8.78 Å². The topological polar surface area (TPSA) is 89.0 Å². The van der Waals surface area contributed by atoms with Crippen LogP contribution in [0.5, 0.6) is 11.5 Å². The Balaban J connectivity index is 1.71. The van der Waals surface area contributed by atoms with Crippen LogP contribution >= 0.6 is 0 Å². The van der Waals surface area contributed by atoms with Gasteiger partial charge in [0.1, 0.15) is 11.5 Å². The molecular formula is C19H17F2N3O4. The van der Waals surface area contributed by atoms with Crippen LogP contribution in [0.3, 0.4) is 0 Å². The summed E-state index contributed by atoms with van der Waals surface area (Å²) in [5, 5.41) is 5.02. The fourth-order valence-electron chi connectivity index (χ4n) is 2.64. The molecule has 7 nitrogen and oxygen atoms in total. The van der Waals surface area contributed by atoms with E-state index in [2.05, 4.69) is 20.4 Å². The van der Waals surface area contributed by atoms with Crippen molar-refractivity contribution in [1.82, 2.24) is 10.6 Å². The molecule has 0 radical (unpaired) electrons. The Morgan fingerprint density at radius 3 is 2.39 bits per heavy atom. The maximum atomic E-state index is 12.3. The van der Waals surface area contributed by atoms with E-state index in [1.54, 1.807) is 31.4 Å². The molecule has 1 aliphatic rings. The highest BCUT2D eigenvalue weighted by Gasteiger charge is 2.24. The van der Waals surface area contributed by atoms with Gasteiger partial charge in [-0.1, -0.05) is 12.1 Å². The second kappa shape index (κ2) is 8.47. The SMILES string of the molecule is COc1ccc([C@H]2CC(=O)NC(NC(=O)c3ccc(OC(F)F)cc3)=N2)cc1. The van der Waals surface area contributed by atoms with E-state index in [9.17, 15) is 18.4 Å². The summed E-state index contributed by atoms with van der Waals surface area (Å²) in [6, 6.07) is 11.8. The van der Waals surface area contributed by atoms with Crippen molar-refractivity contribution in [2.45, 2.75) is 19.1 Å². The van der Waals surface area contributed by atoms with Crippen LogP contribution in [-0.4, -0.2) is 31.5 Å². The lowest BCUT2D eigenvalue weighted by Crippen LogP contribution is -2.47. The molecule has 1 heterocycles. The lowest BCUT2D eigenvalue weighted by atomic mass is 10.0. The normalized spacial score (nSPS) is 16.2. The maximum Gasteiger partial charge on any atom is 0.387 e. The van der Waals surface area contributed by atoms with E-state index in [0.717, 1.165) is 5.56 Å². The van der Waals surface area contributed by atoms with Gasteiger partial charge < -0.3 is 9.47 Å². The smallest absolute Gasteiger partial charge is 0.387 e. The van der Waals surface area contributed by atoms with Crippen molar-refractivity contribution in [3.63, 3.8) is 0 Å². The van der Waals surface area contributed by atoms with E-state index in [1.807, 2.05) is 0 Å². The first-order valence-corrected chi connectivity index (χ1v) is 8.32. The molecule has 1 atom stereocenters. The van der Waals surface area contributed by atoms with Crippen LogP contribution in [-0.2, 0) is 4.79 Å². The molecule has 1 aliphatic heterocycles. The van der Waals surface area contributed by atoms with E-state index in [1.165, 1.54) is 24.3 Å². The summed E-state index contributed by atoms with van der Waals surface area (Å²) in [4.78, 5) is 28.7. The van der Waals surface area contributed by atoms with Crippen molar-refractivity contribution in [3.05, 3.63) is 59.7 Å². The van der Waals surface area contributed by atoms with Gasteiger partial charge in [0, 0.05) is 5.56 Å². The molecule has 0 saturated carbocycles. The number of carbonyl (C=O) groups is 2. The van der Waals surface area contributed by atoms with Gasteiger partial charge in [-0.2, -0.15) is 8.78 Å². The number of carbonyl (C=O) groups excluding carboxylic acids is 2. The van der Waals surface area contributed by atoms with Gasteiger partial charge in [-0.15, -0.1) is 0 Å². The number of amides is 2. The van der Waals surface area contributed by atoms with Gasteiger partial charge in [0.05, 0.1) is 19.6 Å². The number of hydrogen-bond donors (Lipinski definition) is 2. The van der Waals surface area contributed by atoms with Crippen LogP contribution in [0.15, 0.2) is 53.5 Å². The van der Waals surface area contributed by atoms with Crippen molar-refractivity contribution in [3.8, 4) is 11.5 Å². The van der Waals surface area contributed by atoms with Crippen molar-refractivity contribution in [1.29, 1.82) is 0 Å². The first-order chi connectivity index (χ1) is 13.4. The number of alkyl halides is 2. The first kappa shape index (κ1) is 19.3. The Kier molecular flexibility index (Phi) is 5.83. The molecule has 2 aromatic rings. The average Bonchev–Trinajstić information content (AvgIpc) is 2.67. The Morgan fingerprint density at radius 1 is 1.14 bits per heavy atom. The molecule has 0 unspecified atom stereocenters. The van der Waals surface area contributed by atoms with Gasteiger partial charge in [0.25, 0.3) is 5.91 Å². The number of nitrogens with zero attached hydrogens (tertiary/aromatic N) is 1. The summed E-state index contributed by atoms with van der Waals surface area (Å²) in [5.41, 5.74) is 1.00. The van der Waals surface area contributed by atoms with Crippen LogP contribution in [0, 0.1) is 0 Å². The number of hydrogen-bond acceptors (Lipinski definition) is 5. The van der Waals surface area contributed by atoms with Gasteiger partial charge >= 0.3 is 6.61 Å². The van der Waals surface area contributed by atoms with Gasteiger partial charge in [-0.05, 0) is 42.0 Å². The van der Waals surface area contributed by atoms with E-state index in [-0.39, 0.29) is 29.6 Å². The molecule has 2 aromatic carbocycles. The van der Waals surface area contributed by atoms with Gasteiger partial charge in [0.15, 0.2) is 0 Å². The fourth-order valence-corrected chi connectivity index (χ4v) is 2.64. The number of rotatable bonds is 5. The molecule has 0 aliphatic carbocycles. The molecule has 3 rings (SSSR count). The molecule has 2 N–H and O–H groups in total. The summed E-state index contributed by atoms with van der Waals surface area (Å²) in [6.45, 7) is -2.94. The van der Waals surface area contributed by atoms with Crippen molar-refractivity contribution in [2.24, 2.45) is 4.99 Å². The fraction of sp³-hybridized carbons (Fsp3) is 0.211. The van der Waals surface area contributed by atoms with E-state index in [0.29, 0.717) is 5.75 Å². The molecule has 0 aromatic heterocycles. The van der Waals surface area contributed by atoms with Gasteiger partial charge in [-0.3, -0.25) is 20.2 Å². The molecule has 146 valence electrons. The molecule has 0 bridgehead atoms. The quantitative estimate of drug-likeness (QED) is 0.823. The van der Waals surface area contributed by atoms with Crippen LogP contribution in [0.2, 0.25) is 0 Å². The minimum atomic E-state index is -2.94. The number of nitrogens with one attached hydrogen (secondary N) is 2. The maximum absolute atomic E-state index is 12.3. The average molecular weight is 389 g/mol. The van der Waals surface area contributed by atoms with E-state index < -0.39 is 18.6 Å². The summed E-state index contributed by atoms with van der Waals surface area (Å²) < 4.78 is 33.7. The molecule has 0 fully saturated rings. The Hall–Kier alpha value is -3.49. The Labute approximate surface area is 159 Å². The highest BCUT2D eigenvalue weighted by molar-refractivity contribution is 6.10. The highest BCUT2D eigenvalue weighted by atomic mass is 19.3.